The van der Waals surface area contributed by atoms with Crippen molar-refractivity contribution in [3.05, 3.63) is 34.4 Å². The van der Waals surface area contributed by atoms with Crippen LogP contribution in [0.15, 0.2) is 29.2 Å². The number of hydrogen-bond acceptors (Lipinski definition) is 6. The Morgan fingerprint density at radius 3 is 2.38 bits per heavy atom. The average molecular weight is 385 g/mol. The molecule has 0 aliphatic carbocycles. The van der Waals surface area contributed by atoms with Crippen LogP contribution in [0.4, 0.5) is 5.69 Å². The van der Waals surface area contributed by atoms with Crippen molar-refractivity contribution in [3.8, 4) is 0 Å². The molecule has 3 atom stereocenters. The maximum Gasteiger partial charge on any atom is 0.289 e. The van der Waals surface area contributed by atoms with Gasteiger partial charge in [0.1, 0.15) is 6.04 Å². The van der Waals surface area contributed by atoms with E-state index in [0.29, 0.717) is 13.1 Å². The summed E-state index contributed by atoms with van der Waals surface area (Å²) >= 11 is 0. The molecule has 1 aliphatic heterocycles. The SMILES string of the molecule is C[C@@H]([C@H](C)O)[C@H](NS(=O)(=O)c1ccccc1[N+](=O)[O-])C(=O)N1CCCC1. The zero-order valence-electron chi connectivity index (χ0n) is 14.7. The summed E-state index contributed by atoms with van der Waals surface area (Å²) in [7, 11) is -4.34. The van der Waals surface area contributed by atoms with E-state index < -0.39 is 49.5 Å². The smallest absolute Gasteiger partial charge is 0.289 e. The van der Waals surface area contributed by atoms with Gasteiger partial charge < -0.3 is 10.0 Å². The molecular weight excluding hydrogens is 362 g/mol. The second-order valence-electron chi connectivity index (χ2n) is 6.46. The number of likely N-dealkylation sites (tertiary alicyclic amines) is 1. The molecule has 26 heavy (non-hydrogen) atoms. The Bertz CT molecular complexity index is 774. The highest BCUT2D eigenvalue weighted by atomic mass is 32.2. The lowest BCUT2D eigenvalue weighted by molar-refractivity contribution is -0.387. The third-order valence-electron chi connectivity index (χ3n) is 4.60. The summed E-state index contributed by atoms with van der Waals surface area (Å²) in [5.41, 5.74) is -0.572. The summed E-state index contributed by atoms with van der Waals surface area (Å²) < 4.78 is 27.8. The first-order valence-corrected chi connectivity index (χ1v) is 9.86. The minimum Gasteiger partial charge on any atom is -0.393 e. The number of aliphatic hydroxyl groups is 1. The van der Waals surface area contributed by atoms with Gasteiger partial charge >= 0.3 is 0 Å². The number of para-hydroxylation sites is 1. The van der Waals surface area contributed by atoms with Gasteiger partial charge in [0, 0.05) is 25.1 Å². The Hall–Kier alpha value is -2.04. The number of benzene rings is 1. The number of nitro groups is 1. The predicted octanol–water partition coefficient (Wildman–Crippen LogP) is 0.881. The molecule has 1 aliphatic rings. The largest absolute Gasteiger partial charge is 0.393 e. The quantitative estimate of drug-likeness (QED) is 0.529. The van der Waals surface area contributed by atoms with Crippen LogP contribution >= 0.6 is 0 Å². The number of nitrogens with zero attached hydrogens (tertiary/aromatic N) is 2. The standard InChI is InChI=1S/C16H23N3O6S/c1-11(12(2)20)15(16(21)18-9-5-6-10-18)17-26(24,25)14-8-4-3-7-13(14)19(22)23/h3-4,7-8,11-12,15,17,20H,5-6,9-10H2,1-2H3/t11-,12-,15-/m0/s1. The fourth-order valence-corrected chi connectivity index (χ4v) is 4.31. The zero-order valence-corrected chi connectivity index (χ0v) is 15.5. The highest BCUT2D eigenvalue weighted by Gasteiger charge is 2.37. The van der Waals surface area contributed by atoms with E-state index in [-0.39, 0.29) is 0 Å². The molecule has 9 nitrogen and oxygen atoms in total. The first kappa shape index (κ1) is 20.3. The van der Waals surface area contributed by atoms with Crippen LogP contribution in [-0.2, 0) is 14.8 Å². The first-order chi connectivity index (χ1) is 12.1. The summed E-state index contributed by atoms with van der Waals surface area (Å²) in [5, 5.41) is 21.0. The molecule has 1 aromatic carbocycles. The van der Waals surface area contributed by atoms with Gasteiger partial charge in [-0.05, 0) is 25.8 Å². The normalized spacial score (nSPS) is 18.3. The number of nitro benzene ring substituents is 1. The summed E-state index contributed by atoms with van der Waals surface area (Å²) in [6, 6.07) is 3.73. The van der Waals surface area contributed by atoms with Gasteiger partial charge in [-0.15, -0.1) is 0 Å². The Labute approximate surface area is 152 Å². The molecule has 0 saturated carbocycles. The van der Waals surface area contributed by atoms with Crippen molar-refractivity contribution in [3.63, 3.8) is 0 Å². The van der Waals surface area contributed by atoms with Crippen LogP contribution in [0, 0.1) is 16.0 Å². The van der Waals surface area contributed by atoms with Crippen LogP contribution in [0.25, 0.3) is 0 Å². The molecule has 1 amide bonds. The van der Waals surface area contributed by atoms with Gasteiger partial charge in [-0.3, -0.25) is 14.9 Å². The number of nitrogens with one attached hydrogen (secondary N) is 1. The predicted molar refractivity (Wildman–Crippen MR) is 93.9 cm³/mol. The van der Waals surface area contributed by atoms with Gasteiger partial charge in [-0.2, -0.15) is 4.72 Å². The molecule has 2 rings (SSSR count). The fourth-order valence-electron chi connectivity index (χ4n) is 2.86. The summed E-state index contributed by atoms with van der Waals surface area (Å²) in [5.74, 6) is -1.14. The van der Waals surface area contributed by atoms with Crippen molar-refractivity contribution in [2.24, 2.45) is 5.92 Å². The second-order valence-corrected chi connectivity index (χ2v) is 8.14. The number of rotatable bonds is 7. The molecule has 2 N–H and O–H groups in total. The molecule has 1 heterocycles. The van der Waals surface area contributed by atoms with Crippen LogP contribution in [-0.4, -0.2) is 54.5 Å². The molecule has 0 radical (unpaired) electrons. The van der Waals surface area contributed by atoms with Crippen molar-refractivity contribution in [1.29, 1.82) is 0 Å². The number of hydrogen-bond donors (Lipinski definition) is 2. The number of carbonyl (C=O) groups excluding carboxylic acids is 1. The molecule has 10 heteroatoms. The van der Waals surface area contributed by atoms with Crippen LogP contribution in [0.2, 0.25) is 0 Å². The maximum atomic E-state index is 12.8. The van der Waals surface area contributed by atoms with Crippen LogP contribution in [0.1, 0.15) is 26.7 Å². The van der Waals surface area contributed by atoms with Gasteiger partial charge in [0.25, 0.3) is 5.69 Å². The topological polar surface area (TPSA) is 130 Å². The molecule has 0 unspecified atom stereocenters. The van der Waals surface area contributed by atoms with Crippen molar-refractivity contribution < 1.29 is 23.2 Å². The van der Waals surface area contributed by atoms with Gasteiger partial charge in [0.05, 0.1) is 11.0 Å². The number of amides is 1. The average Bonchev–Trinajstić information content (AvgIpc) is 3.13. The Kier molecular flexibility index (Phi) is 6.32. The first-order valence-electron chi connectivity index (χ1n) is 8.37. The summed E-state index contributed by atoms with van der Waals surface area (Å²) in [6.45, 7) is 4.07. The lowest BCUT2D eigenvalue weighted by atomic mass is 9.96. The molecule has 1 saturated heterocycles. The van der Waals surface area contributed by atoms with E-state index in [1.54, 1.807) is 11.8 Å². The Balaban J connectivity index is 2.37. The van der Waals surface area contributed by atoms with Crippen molar-refractivity contribution >= 4 is 21.6 Å². The molecule has 144 valence electrons. The van der Waals surface area contributed by atoms with Gasteiger partial charge in [-0.1, -0.05) is 19.1 Å². The van der Waals surface area contributed by atoms with E-state index in [4.69, 9.17) is 0 Å². The van der Waals surface area contributed by atoms with E-state index >= 15 is 0 Å². The Morgan fingerprint density at radius 2 is 1.85 bits per heavy atom. The minimum atomic E-state index is -4.34. The maximum absolute atomic E-state index is 12.8. The van der Waals surface area contributed by atoms with Gasteiger partial charge in [0.2, 0.25) is 15.9 Å². The minimum absolute atomic E-state index is 0.432. The van der Waals surface area contributed by atoms with E-state index in [9.17, 15) is 28.4 Å². The van der Waals surface area contributed by atoms with Crippen molar-refractivity contribution in [2.45, 2.75) is 43.7 Å². The number of aliphatic hydroxyl groups excluding tert-OH is 1. The molecule has 1 aromatic rings. The fraction of sp³-hybridized carbons (Fsp3) is 0.562. The third-order valence-corrected chi connectivity index (χ3v) is 6.09. The zero-order chi connectivity index (χ0) is 19.5. The van der Waals surface area contributed by atoms with E-state index in [1.807, 2.05) is 0 Å². The Morgan fingerprint density at radius 1 is 1.27 bits per heavy atom. The van der Waals surface area contributed by atoms with E-state index in [2.05, 4.69) is 4.72 Å². The molecule has 1 fully saturated rings. The number of carbonyl (C=O) groups is 1. The van der Waals surface area contributed by atoms with Crippen molar-refractivity contribution in [2.75, 3.05) is 13.1 Å². The van der Waals surface area contributed by atoms with Gasteiger partial charge in [0.15, 0.2) is 4.90 Å². The van der Waals surface area contributed by atoms with Crippen LogP contribution < -0.4 is 4.72 Å². The van der Waals surface area contributed by atoms with Crippen LogP contribution in [0.3, 0.4) is 0 Å². The summed E-state index contributed by atoms with van der Waals surface area (Å²) in [4.78, 5) is 24.2. The third kappa shape index (κ3) is 4.37. The van der Waals surface area contributed by atoms with E-state index in [0.717, 1.165) is 25.0 Å². The summed E-state index contributed by atoms with van der Waals surface area (Å²) in [6.07, 6.45) is 0.719. The number of sulfonamides is 1. The highest BCUT2D eigenvalue weighted by Crippen LogP contribution is 2.25. The van der Waals surface area contributed by atoms with Crippen LogP contribution in [0.5, 0.6) is 0 Å². The lowest BCUT2D eigenvalue weighted by Crippen LogP contribution is -2.53. The monoisotopic (exact) mass is 385 g/mol. The van der Waals surface area contributed by atoms with Gasteiger partial charge in [-0.25, -0.2) is 8.42 Å². The molecular formula is C16H23N3O6S. The lowest BCUT2D eigenvalue weighted by Gasteiger charge is -2.29. The van der Waals surface area contributed by atoms with Crippen molar-refractivity contribution in [1.82, 2.24) is 9.62 Å². The molecule has 0 bridgehead atoms. The second kappa shape index (κ2) is 8.11. The van der Waals surface area contributed by atoms with E-state index in [1.165, 1.54) is 19.1 Å². The highest BCUT2D eigenvalue weighted by molar-refractivity contribution is 7.89. The molecule has 0 spiro atoms. The molecule has 0 aromatic heterocycles.